The molecule has 0 aromatic heterocycles. The molecule has 5 nitrogen and oxygen atoms in total. The monoisotopic (exact) mass is 374 g/mol. The number of ether oxygens (including phenoxy) is 1. The largest absolute Gasteiger partial charge is 0.483 e. The summed E-state index contributed by atoms with van der Waals surface area (Å²) in [5, 5.41) is 5.98. The van der Waals surface area contributed by atoms with Crippen LogP contribution in [0.2, 0.25) is 5.02 Å². The fourth-order valence-corrected chi connectivity index (χ4v) is 2.61. The Balaban J connectivity index is 2.01. The van der Waals surface area contributed by atoms with Crippen molar-refractivity contribution in [1.29, 1.82) is 0 Å². The van der Waals surface area contributed by atoms with E-state index in [0.717, 1.165) is 11.1 Å². The number of carbonyl (C=O) groups is 2. The lowest BCUT2D eigenvalue weighted by Crippen LogP contribution is -2.21. The third kappa shape index (κ3) is 4.99. The van der Waals surface area contributed by atoms with E-state index in [1.807, 2.05) is 32.9 Å². The molecular weight excluding hydrogens is 352 g/mol. The van der Waals surface area contributed by atoms with Gasteiger partial charge >= 0.3 is 0 Å². The zero-order valence-electron chi connectivity index (χ0n) is 15.4. The first-order valence-electron chi connectivity index (χ1n) is 8.36. The van der Waals surface area contributed by atoms with Gasteiger partial charge in [0.15, 0.2) is 6.61 Å². The summed E-state index contributed by atoms with van der Waals surface area (Å²) >= 11 is 6.18. The number of carbonyl (C=O) groups excluding carboxylic acids is 2. The van der Waals surface area contributed by atoms with Crippen molar-refractivity contribution in [2.24, 2.45) is 0 Å². The summed E-state index contributed by atoms with van der Waals surface area (Å²) in [5.74, 6) is 0.431. The maximum Gasteiger partial charge on any atom is 0.262 e. The number of amides is 2. The molecule has 0 aliphatic heterocycles. The second-order valence-electron chi connectivity index (χ2n) is 6.29. The van der Waals surface area contributed by atoms with Gasteiger partial charge in [0.25, 0.3) is 11.8 Å². The maximum absolute atomic E-state index is 12.2. The molecule has 0 heterocycles. The van der Waals surface area contributed by atoms with Gasteiger partial charge < -0.3 is 15.4 Å². The van der Waals surface area contributed by atoms with Gasteiger partial charge in [-0.3, -0.25) is 9.59 Å². The molecule has 2 rings (SSSR count). The molecule has 0 saturated carbocycles. The van der Waals surface area contributed by atoms with E-state index in [2.05, 4.69) is 10.6 Å². The number of benzene rings is 2. The number of aryl methyl sites for hydroxylation is 1. The standard InChI is InChI=1S/C20H23ClN2O3/c1-12(2)16-10-17(21)13(3)9-18(16)26-11-19(24)23-15-7-5-14(6-8-15)20(25)22-4/h5-10,12H,11H2,1-4H3,(H,22,25)(H,23,24). The van der Waals surface area contributed by atoms with Gasteiger partial charge in [0.2, 0.25) is 0 Å². The van der Waals surface area contributed by atoms with E-state index in [1.54, 1.807) is 31.3 Å². The Morgan fingerprint density at radius 2 is 1.81 bits per heavy atom. The molecule has 2 N–H and O–H groups in total. The number of halogens is 1. The summed E-state index contributed by atoms with van der Waals surface area (Å²) < 4.78 is 5.71. The van der Waals surface area contributed by atoms with Gasteiger partial charge in [-0.25, -0.2) is 0 Å². The van der Waals surface area contributed by atoms with Crippen molar-refractivity contribution in [3.8, 4) is 5.75 Å². The zero-order valence-corrected chi connectivity index (χ0v) is 16.1. The molecule has 26 heavy (non-hydrogen) atoms. The first-order valence-corrected chi connectivity index (χ1v) is 8.74. The van der Waals surface area contributed by atoms with Crippen LogP contribution in [0, 0.1) is 6.92 Å². The number of nitrogens with one attached hydrogen (secondary N) is 2. The molecule has 6 heteroatoms. The molecule has 0 unspecified atom stereocenters. The third-order valence-corrected chi connectivity index (χ3v) is 4.34. The Bertz CT molecular complexity index is 801. The normalized spacial score (nSPS) is 10.5. The highest BCUT2D eigenvalue weighted by atomic mass is 35.5. The van der Waals surface area contributed by atoms with Gasteiger partial charge in [0, 0.05) is 23.3 Å². The van der Waals surface area contributed by atoms with Gasteiger partial charge in [0.05, 0.1) is 0 Å². The third-order valence-electron chi connectivity index (χ3n) is 3.93. The lowest BCUT2D eigenvalue weighted by Gasteiger charge is -2.16. The highest BCUT2D eigenvalue weighted by Crippen LogP contribution is 2.32. The average molecular weight is 375 g/mol. The lowest BCUT2D eigenvalue weighted by atomic mass is 10.0. The molecule has 0 spiro atoms. The molecule has 2 aromatic carbocycles. The summed E-state index contributed by atoms with van der Waals surface area (Å²) in [6.07, 6.45) is 0. The van der Waals surface area contributed by atoms with Crippen LogP contribution in [0.5, 0.6) is 5.75 Å². The zero-order chi connectivity index (χ0) is 19.3. The van der Waals surface area contributed by atoms with E-state index in [4.69, 9.17) is 16.3 Å². The topological polar surface area (TPSA) is 67.4 Å². The van der Waals surface area contributed by atoms with Gasteiger partial charge in [-0.2, -0.15) is 0 Å². The molecule has 0 bridgehead atoms. The maximum atomic E-state index is 12.2. The van der Waals surface area contributed by atoms with Crippen molar-refractivity contribution in [3.63, 3.8) is 0 Å². The van der Waals surface area contributed by atoms with Crippen LogP contribution in [-0.4, -0.2) is 25.5 Å². The van der Waals surface area contributed by atoms with Gasteiger partial charge in [-0.15, -0.1) is 0 Å². The minimum atomic E-state index is -0.278. The van der Waals surface area contributed by atoms with Crippen molar-refractivity contribution < 1.29 is 14.3 Å². The second-order valence-corrected chi connectivity index (χ2v) is 6.69. The molecule has 0 aliphatic rings. The predicted octanol–water partition coefficient (Wildman–Crippen LogP) is 4.15. The molecule has 0 fully saturated rings. The number of rotatable bonds is 6. The van der Waals surface area contributed by atoms with Crippen LogP contribution in [0.25, 0.3) is 0 Å². The van der Waals surface area contributed by atoms with E-state index in [1.165, 1.54) is 0 Å². The Morgan fingerprint density at radius 3 is 2.38 bits per heavy atom. The summed E-state index contributed by atoms with van der Waals surface area (Å²) in [6, 6.07) is 10.4. The van der Waals surface area contributed by atoms with E-state index < -0.39 is 0 Å². The first kappa shape index (κ1) is 19.8. The molecule has 2 amide bonds. The van der Waals surface area contributed by atoms with E-state index in [-0.39, 0.29) is 24.3 Å². The predicted molar refractivity (Wildman–Crippen MR) is 104 cm³/mol. The van der Waals surface area contributed by atoms with Crippen LogP contribution in [0.4, 0.5) is 5.69 Å². The van der Waals surface area contributed by atoms with Crippen molar-refractivity contribution in [3.05, 3.63) is 58.1 Å². The minimum Gasteiger partial charge on any atom is -0.483 e. The molecule has 2 aromatic rings. The van der Waals surface area contributed by atoms with Crippen molar-refractivity contribution >= 4 is 29.1 Å². The SMILES string of the molecule is CNC(=O)c1ccc(NC(=O)COc2cc(C)c(Cl)cc2C(C)C)cc1. The van der Waals surface area contributed by atoms with E-state index >= 15 is 0 Å². The summed E-state index contributed by atoms with van der Waals surface area (Å²) in [6.45, 7) is 5.87. The highest BCUT2D eigenvalue weighted by Gasteiger charge is 2.13. The number of hydrogen-bond donors (Lipinski definition) is 2. The molecule has 138 valence electrons. The smallest absolute Gasteiger partial charge is 0.262 e. The van der Waals surface area contributed by atoms with Crippen LogP contribution in [0.3, 0.4) is 0 Å². The van der Waals surface area contributed by atoms with Crippen molar-refractivity contribution in [2.75, 3.05) is 19.0 Å². The molecule has 0 radical (unpaired) electrons. The summed E-state index contributed by atoms with van der Waals surface area (Å²) in [7, 11) is 1.57. The Morgan fingerprint density at radius 1 is 1.15 bits per heavy atom. The molecule has 0 saturated heterocycles. The van der Waals surface area contributed by atoms with Gasteiger partial charge in [-0.1, -0.05) is 25.4 Å². The Hall–Kier alpha value is -2.53. The van der Waals surface area contributed by atoms with Crippen molar-refractivity contribution in [2.45, 2.75) is 26.7 Å². The van der Waals surface area contributed by atoms with Crippen LogP contribution in [0.1, 0.15) is 41.3 Å². The highest BCUT2D eigenvalue weighted by molar-refractivity contribution is 6.31. The van der Waals surface area contributed by atoms with E-state index in [9.17, 15) is 9.59 Å². The van der Waals surface area contributed by atoms with Gasteiger partial charge in [-0.05, 0) is 60.4 Å². The first-order chi connectivity index (χ1) is 12.3. The summed E-state index contributed by atoms with van der Waals surface area (Å²) in [5.41, 5.74) is 2.99. The Kier molecular flexibility index (Phi) is 6.64. The molecular formula is C20H23ClN2O3. The number of hydrogen-bond acceptors (Lipinski definition) is 3. The Labute approximate surface area is 158 Å². The van der Waals surface area contributed by atoms with Crippen LogP contribution < -0.4 is 15.4 Å². The molecule has 0 atom stereocenters. The van der Waals surface area contributed by atoms with Crippen molar-refractivity contribution in [1.82, 2.24) is 5.32 Å². The quantitative estimate of drug-likeness (QED) is 0.798. The van der Waals surface area contributed by atoms with E-state index in [0.29, 0.717) is 22.0 Å². The van der Waals surface area contributed by atoms with Gasteiger partial charge in [0.1, 0.15) is 5.75 Å². The minimum absolute atomic E-state index is 0.113. The second kappa shape index (κ2) is 8.72. The summed E-state index contributed by atoms with van der Waals surface area (Å²) in [4.78, 5) is 23.7. The fourth-order valence-electron chi connectivity index (χ4n) is 2.44. The average Bonchev–Trinajstić information content (AvgIpc) is 2.62. The lowest BCUT2D eigenvalue weighted by molar-refractivity contribution is -0.118. The van der Waals surface area contributed by atoms with Crippen LogP contribution in [0.15, 0.2) is 36.4 Å². The fraction of sp³-hybridized carbons (Fsp3) is 0.300. The number of anilines is 1. The van der Waals surface area contributed by atoms with Crippen LogP contribution >= 0.6 is 11.6 Å². The van der Waals surface area contributed by atoms with Crippen LogP contribution in [-0.2, 0) is 4.79 Å². The molecule has 0 aliphatic carbocycles.